The second-order valence-electron chi connectivity index (χ2n) is 7.15. The zero-order valence-corrected chi connectivity index (χ0v) is 15.7. The van der Waals surface area contributed by atoms with Gasteiger partial charge in [-0.1, -0.05) is 24.3 Å². The average Bonchev–Trinajstić information content (AvgIpc) is 3.40. The van der Waals surface area contributed by atoms with Gasteiger partial charge in [-0.25, -0.2) is 4.39 Å². The van der Waals surface area contributed by atoms with Gasteiger partial charge in [0.1, 0.15) is 11.6 Å². The number of amides is 1. The molecule has 1 aromatic heterocycles. The monoisotopic (exact) mass is 378 g/mol. The second-order valence-corrected chi connectivity index (χ2v) is 7.15. The first-order valence-electron chi connectivity index (χ1n) is 9.61. The molecule has 0 unspecified atom stereocenters. The van der Waals surface area contributed by atoms with Crippen LogP contribution in [0.3, 0.4) is 0 Å². The molecule has 3 aromatic rings. The molecule has 1 saturated heterocycles. The lowest BCUT2D eigenvalue weighted by molar-refractivity contribution is 0.0924. The molecule has 1 N–H and O–H groups in total. The largest absolute Gasteiger partial charge is 0.451 e. The minimum absolute atomic E-state index is 0.241. The first kappa shape index (κ1) is 18.4. The summed E-state index contributed by atoms with van der Waals surface area (Å²) in [6, 6.07) is 17.7. The van der Waals surface area contributed by atoms with Crippen molar-refractivity contribution in [1.29, 1.82) is 0 Å². The van der Waals surface area contributed by atoms with Gasteiger partial charge < -0.3 is 9.73 Å². The van der Waals surface area contributed by atoms with E-state index in [1.54, 1.807) is 24.3 Å². The van der Waals surface area contributed by atoms with Gasteiger partial charge in [-0.2, -0.15) is 0 Å². The maximum absolute atomic E-state index is 13.0. The van der Waals surface area contributed by atoms with Gasteiger partial charge in [0.15, 0.2) is 5.76 Å². The van der Waals surface area contributed by atoms with Crippen molar-refractivity contribution >= 4 is 5.91 Å². The van der Waals surface area contributed by atoms with E-state index in [1.165, 1.54) is 43.6 Å². The number of rotatable bonds is 6. The van der Waals surface area contributed by atoms with Crippen molar-refractivity contribution in [2.24, 2.45) is 0 Å². The van der Waals surface area contributed by atoms with Crippen molar-refractivity contribution in [2.45, 2.75) is 25.9 Å². The highest BCUT2D eigenvalue weighted by Gasteiger charge is 2.13. The fourth-order valence-electron chi connectivity index (χ4n) is 3.46. The van der Waals surface area contributed by atoms with Crippen molar-refractivity contribution in [3.05, 3.63) is 83.4 Å². The first-order chi connectivity index (χ1) is 13.7. The van der Waals surface area contributed by atoms with Crippen LogP contribution in [-0.4, -0.2) is 23.9 Å². The fraction of sp³-hybridized carbons (Fsp3) is 0.261. The number of furan rings is 1. The molecule has 5 heteroatoms. The highest BCUT2D eigenvalue weighted by atomic mass is 19.1. The number of nitrogens with one attached hydrogen (secondary N) is 1. The minimum Gasteiger partial charge on any atom is -0.451 e. The van der Waals surface area contributed by atoms with Gasteiger partial charge in [0.05, 0.1) is 0 Å². The van der Waals surface area contributed by atoms with E-state index in [0.717, 1.165) is 17.7 Å². The molecule has 0 atom stereocenters. The van der Waals surface area contributed by atoms with E-state index < -0.39 is 0 Å². The van der Waals surface area contributed by atoms with Crippen LogP contribution in [0.5, 0.6) is 0 Å². The van der Waals surface area contributed by atoms with Gasteiger partial charge >= 0.3 is 0 Å². The number of benzene rings is 2. The Hall–Kier alpha value is -2.92. The molecule has 1 aliphatic rings. The number of carbonyl (C=O) groups is 1. The molecule has 4 nitrogen and oxygen atoms in total. The maximum Gasteiger partial charge on any atom is 0.287 e. The third-order valence-corrected chi connectivity index (χ3v) is 5.04. The summed E-state index contributed by atoms with van der Waals surface area (Å²) in [5, 5.41) is 2.88. The summed E-state index contributed by atoms with van der Waals surface area (Å²) in [5.41, 5.74) is 3.07. The predicted octanol–water partition coefficient (Wildman–Crippen LogP) is 4.61. The van der Waals surface area contributed by atoms with E-state index in [4.69, 9.17) is 4.42 Å². The lowest BCUT2D eigenvalue weighted by Crippen LogP contribution is -2.22. The van der Waals surface area contributed by atoms with Crippen molar-refractivity contribution in [1.82, 2.24) is 10.2 Å². The van der Waals surface area contributed by atoms with Crippen LogP contribution in [0.4, 0.5) is 4.39 Å². The zero-order valence-electron chi connectivity index (χ0n) is 15.7. The molecule has 0 bridgehead atoms. The van der Waals surface area contributed by atoms with Crippen molar-refractivity contribution < 1.29 is 13.6 Å². The van der Waals surface area contributed by atoms with Crippen LogP contribution < -0.4 is 5.32 Å². The molecule has 0 aliphatic carbocycles. The van der Waals surface area contributed by atoms with Crippen molar-refractivity contribution in [3.8, 4) is 11.3 Å². The normalized spacial score (nSPS) is 14.3. The van der Waals surface area contributed by atoms with Crippen LogP contribution in [-0.2, 0) is 13.1 Å². The Morgan fingerprint density at radius 3 is 2.32 bits per heavy atom. The van der Waals surface area contributed by atoms with Gasteiger partial charge in [0.25, 0.3) is 5.91 Å². The average molecular weight is 378 g/mol. The molecule has 144 valence electrons. The van der Waals surface area contributed by atoms with E-state index in [2.05, 4.69) is 34.5 Å². The van der Waals surface area contributed by atoms with Crippen LogP contribution in [0.15, 0.2) is 65.1 Å². The maximum atomic E-state index is 13.0. The molecule has 0 spiro atoms. The Labute approximate surface area is 164 Å². The lowest BCUT2D eigenvalue weighted by atomic mass is 10.1. The quantitative estimate of drug-likeness (QED) is 0.681. The number of hydrogen-bond donors (Lipinski definition) is 1. The van der Waals surface area contributed by atoms with Gasteiger partial charge in [0, 0.05) is 18.7 Å². The Balaban J connectivity index is 1.32. The lowest BCUT2D eigenvalue weighted by Gasteiger charge is -2.14. The van der Waals surface area contributed by atoms with Gasteiger partial charge in [0.2, 0.25) is 0 Å². The summed E-state index contributed by atoms with van der Waals surface area (Å²) in [4.78, 5) is 14.8. The number of hydrogen-bond acceptors (Lipinski definition) is 3. The smallest absolute Gasteiger partial charge is 0.287 e. The predicted molar refractivity (Wildman–Crippen MR) is 106 cm³/mol. The standard InChI is InChI=1S/C23H23FN2O2/c24-20-9-7-19(8-10-20)21-11-12-22(28-21)23(27)25-15-17-3-5-18(6-4-17)16-26-13-1-2-14-26/h3-12H,1-2,13-16H2,(H,25,27). The summed E-state index contributed by atoms with van der Waals surface area (Å²) >= 11 is 0. The molecule has 1 amide bonds. The van der Waals surface area contributed by atoms with Crippen LogP contribution in [0.25, 0.3) is 11.3 Å². The summed E-state index contributed by atoms with van der Waals surface area (Å²) in [6.45, 7) is 3.79. The number of likely N-dealkylation sites (tertiary alicyclic amines) is 1. The molecule has 2 aromatic carbocycles. The minimum atomic E-state index is -0.306. The van der Waals surface area contributed by atoms with E-state index in [-0.39, 0.29) is 17.5 Å². The summed E-state index contributed by atoms with van der Waals surface area (Å²) < 4.78 is 18.6. The fourth-order valence-corrected chi connectivity index (χ4v) is 3.46. The van der Waals surface area contributed by atoms with E-state index >= 15 is 0 Å². The van der Waals surface area contributed by atoms with Gasteiger partial charge in [-0.15, -0.1) is 0 Å². The topological polar surface area (TPSA) is 45.5 Å². The van der Waals surface area contributed by atoms with Crippen LogP contribution in [0.2, 0.25) is 0 Å². The number of nitrogens with zero attached hydrogens (tertiary/aromatic N) is 1. The highest BCUT2D eigenvalue weighted by molar-refractivity contribution is 5.92. The molecule has 0 saturated carbocycles. The first-order valence-corrected chi connectivity index (χ1v) is 9.61. The summed E-state index contributed by atoms with van der Waals surface area (Å²) in [5.74, 6) is 0.204. The summed E-state index contributed by atoms with van der Waals surface area (Å²) in [6.07, 6.45) is 2.58. The Kier molecular flexibility index (Phi) is 5.53. The third kappa shape index (κ3) is 4.49. The second kappa shape index (κ2) is 8.40. The van der Waals surface area contributed by atoms with E-state index in [0.29, 0.717) is 12.3 Å². The molecular weight excluding hydrogens is 355 g/mol. The number of carbonyl (C=O) groups excluding carboxylic acids is 1. The molecular formula is C23H23FN2O2. The Morgan fingerprint density at radius 1 is 0.929 bits per heavy atom. The van der Waals surface area contributed by atoms with E-state index in [1.807, 2.05) is 0 Å². The Morgan fingerprint density at radius 2 is 1.61 bits per heavy atom. The van der Waals surface area contributed by atoms with Crippen LogP contribution in [0.1, 0.15) is 34.5 Å². The van der Waals surface area contributed by atoms with Crippen LogP contribution >= 0.6 is 0 Å². The molecule has 1 fully saturated rings. The van der Waals surface area contributed by atoms with Gasteiger partial charge in [-0.05, 0) is 73.5 Å². The third-order valence-electron chi connectivity index (χ3n) is 5.04. The molecule has 1 aliphatic heterocycles. The van der Waals surface area contributed by atoms with Crippen molar-refractivity contribution in [3.63, 3.8) is 0 Å². The molecule has 4 rings (SSSR count). The zero-order chi connectivity index (χ0) is 19.3. The van der Waals surface area contributed by atoms with Gasteiger partial charge in [-0.3, -0.25) is 9.69 Å². The Bertz CT molecular complexity index is 926. The van der Waals surface area contributed by atoms with E-state index in [9.17, 15) is 9.18 Å². The molecule has 0 radical (unpaired) electrons. The van der Waals surface area contributed by atoms with Crippen molar-refractivity contribution in [2.75, 3.05) is 13.1 Å². The number of halogens is 1. The van der Waals surface area contributed by atoms with Crippen LogP contribution in [0, 0.1) is 5.82 Å². The molecule has 2 heterocycles. The highest BCUT2D eigenvalue weighted by Crippen LogP contribution is 2.22. The SMILES string of the molecule is O=C(NCc1ccc(CN2CCCC2)cc1)c1ccc(-c2ccc(F)cc2)o1. The molecule has 28 heavy (non-hydrogen) atoms. The summed E-state index contributed by atoms with van der Waals surface area (Å²) in [7, 11) is 0.